The lowest BCUT2D eigenvalue weighted by Gasteiger charge is -2.12. The lowest BCUT2D eigenvalue weighted by atomic mass is 10.2. The first kappa shape index (κ1) is 19.0. The molecule has 0 aromatic heterocycles. The van der Waals surface area contributed by atoms with E-state index in [0.29, 0.717) is 34.8 Å². The Morgan fingerprint density at radius 3 is 2.72 bits per heavy atom. The lowest BCUT2D eigenvalue weighted by Crippen LogP contribution is -2.82. The van der Waals surface area contributed by atoms with Gasteiger partial charge in [-0.2, -0.15) is 0 Å². The van der Waals surface area contributed by atoms with Crippen LogP contribution in [-0.2, 0) is 6.61 Å². The van der Waals surface area contributed by atoms with E-state index in [-0.39, 0.29) is 0 Å². The number of ether oxygens (including phenoxy) is 2. The fourth-order valence-corrected chi connectivity index (χ4v) is 2.27. The first-order valence-corrected chi connectivity index (χ1v) is 8.62. The van der Waals surface area contributed by atoms with Crippen LogP contribution in [0.3, 0.4) is 0 Å². The van der Waals surface area contributed by atoms with Crippen LogP contribution in [0.25, 0.3) is 0 Å². The van der Waals surface area contributed by atoms with Crippen molar-refractivity contribution in [1.29, 1.82) is 0 Å². The molecule has 0 aliphatic heterocycles. The van der Waals surface area contributed by atoms with E-state index in [0.717, 1.165) is 11.1 Å². The first-order chi connectivity index (χ1) is 12.1. The van der Waals surface area contributed by atoms with Crippen LogP contribution in [0, 0.1) is 0 Å². The van der Waals surface area contributed by atoms with E-state index in [2.05, 4.69) is 15.8 Å². The van der Waals surface area contributed by atoms with E-state index in [1.165, 1.54) is 0 Å². The summed E-state index contributed by atoms with van der Waals surface area (Å²) in [6, 6.07) is 13.3. The molecule has 132 valence electrons. The molecule has 0 aliphatic carbocycles. The minimum Gasteiger partial charge on any atom is -0.490 e. The average molecular weight is 379 g/mol. The molecule has 0 atom stereocenters. The van der Waals surface area contributed by atoms with E-state index < -0.39 is 0 Å². The number of hydrogen-bond acceptors (Lipinski definition) is 3. The third-order valence-electron chi connectivity index (χ3n) is 3.26. The van der Waals surface area contributed by atoms with Crippen LogP contribution in [0.4, 0.5) is 0 Å². The summed E-state index contributed by atoms with van der Waals surface area (Å²) < 4.78 is 11.6. The van der Waals surface area contributed by atoms with Gasteiger partial charge in [-0.15, -0.1) is 10.5 Å². The standard InChI is InChI=1S/C18H20ClN3O2S/c1-3-23-17-10-13(11-21-22-18(25)20-2)8-9-16(17)24-12-14-6-4-5-7-15(14)19/h4-11H,3,12H2,1-2H3,(H2,20,22,25)/p+1. The van der Waals surface area contributed by atoms with Crippen LogP contribution in [-0.4, -0.2) is 25.0 Å². The average Bonchev–Trinajstić information content (AvgIpc) is 2.62. The van der Waals surface area contributed by atoms with Gasteiger partial charge in [-0.3, -0.25) is 0 Å². The Labute approximate surface area is 158 Å². The Morgan fingerprint density at radius 2 is 2.00 bits per heavy atom. The Hall–Kier alpha value is -2.31. The monoisotopic (exact) mass is 378 g/mol. The second-order valence-corrected chi connectivity index (χ2v) is 5.83. The molecular formula is C18H21ClN3O2S+. The summed E-state index contributed by atoms with van der Waals surface area (Å²) in [4.78, 5) is 0. The molecule has 2 aromatic carbocycles. The van der Waals surface area contributed by atoms with E-state index in [1.807, 2.05) is 49.4 Å². The van der Waals surface area contributed by atoms with Crippen LogP contribution in [0.15, 0.2) is 42.5 Å². The van der Waals surface area contributed by atoms with Gasteiger partial charge in [0.1, 0.15) is 6.61 Å². The van der Waals surface area contributed by atoms with Crippen molar-refractivity contribution in [3.63, 3.8) is 0 Å². The van der Waals surface area contributed by atoms with Crippen molar-refractivity contribution in [2.45, 2.75) is 13.5 Å². The number of hydrogen-bond donors (Lipinski definition) is 3. The summed E-state index contributed by atoms with van der Waals surface area (Å²) in [5, 5.41) is 6.91. The fourth-order valence-electron chi connectivity index (χ4n) is 2.02. The van der Waals surface area contributed by atoms with E-state index in [9.17, 15) is 0 Å². The van der Waals surface area contributed by atoms with Crippen molar-refractivity contribution in [3.05, 3.63) is 58.6 Å². The highest BCUT2D eigenvalue weighted by Gasteiger charge is 2.08. The van der Waals surface area contributed by atoms with Gasteiger partial charge in [0.2, 0.25) is 5.11 Å². The predicted octanol–water partition coefficient (Wildman–Crippen LogP) is 1.83. The molecule has 0 fully saturated rings. The summed E-state index contributed by atoms with van der Waals surface area (Å²) in [5.41, 5.74) is 4.67. The highest BCUT2D eigenvalue weighted by molar-refractivity contribution is 7.80. The maximum Gasteiger partial charge on any atom is 0.223 e. The van der Waals surface area contributed by atoms with Crippen molar-refractivity contribution in [2.24, 2.45) is 0 Å². The zero-order chi connectivity index (χ0) is 18.1. The van der Waals surface area contributed by atoms with Gasteiger partial charge >= 0.3 is 0 Å². The van der Waals surface area contributed by atoms with Gasteiger partial charge in [0.25, 0.3) is 0 Å². The van der Waals surface area contributed by atoms with Crippen molar-refractivity contribution in [3.8, 4) is 11.5 Å². The Morgan fingerprint density at radius 1 is 1.20 bits per heavy atom. The zero-order valence-corrected chi connectivity index (χ0v) is 15.7. The van der Waals surface area contributed by atoms with Crippen molar-refractivity contribution < 1.29 is 14.6 Å². The van der Waals surface area contributed by atoms with Crippen LogP contribution in [0.1, 0.15) is 18.1 Å². The molecule has 3 N–H and O–H groups in total. The Bertz CT molecular complexity index is 753. The molecule has 0 saturated heterocycles. The maximum absolute atomic E-state index is 6.16. The van der Waals surface area contributed by atoms with Gasteiger partial charge in [0, 0.05) is 23.2 Å². The number of halogens is 1. The summed E-state index contributed by atoms with van der Waals surface area (Å²) in [6.45, 7) is 2.85. The topological polar surface area (TPSA) is 56.5 Å². The molecule has 2 rings (SSSR count). The van der Waals surface area contributed by atoms with Crippen LogP contribution < -0.4 is 25.3 Å². The van der Waals surface area contributed by atoms with E-state index in [1.54, 1.807) is 13.3 Å². The van der Waals surface area contributed by atoms with Crippen LogP contribution >= 0.6 is 23.8 Å². The molecular weight excluding hydrogens is 358 g/mol. The van der Waals surface area contributed by atoms with E-state index >= 15 is 0 Å². The molecule has 0 spiro atoms. The van der Waals surface area contributed by atoms with Crippen molar-refractivity contribution in [2.75, 3.05) is 13.7 Å². The molecule has 0 aliphatic rings. The number of hydrazine groups is 1. The van der Waals surface area contributed by atoms with Crippen LogP contribution in [0.5, 0.6) is 11.5 Å². The summed E-state index contributed by atoms with van der Waals surface area (Å²) in [6.07, 6.45) is 1.78. The molecule has 0 heterocycles. The Balaban J connectivity index is 2.10. The first-order valence-electron chi connectivity index (χ1n) is 7.83. The van der Waals surface area contributed by atoms with Crippen molar-refractivity contribution in [1.82, 2.24) is 10.7 Å². The number of thiocarbonyl (C=S) groups is 1. The smallest absolute Gasteiger partial charge is 0.223 e. The molecule has 0 saturated carbocycles. The largest absolute Gasteiger partial charge is 0.490 e. The predicted molar refractivity (Wildman–Crippen MR) is 104 cm³/mol. The molecule has 7 heteroatoms. The van der Waals surface area contributed by atoms with Gasteiger partial charge in [-0.1, -0.05) is 29.8 Å². The van der Waals surface area contributed by atoms with Gasteiger partial charge in [0.15, 0.2) is 17.7 Å². The molecule has 25 heavy (non-hydrogen) atoms. The molecule has 2 aromatic rings. The normalized spacial score (nSPS) is 10.5. The number of nitrogens with one attached hydrogen (secondary N) is 3. The van der Waals surface area contributed by atoms with Crippen LogP contribution in [0.2, 0.25) is 5.02 Å². The molecule has 0 radical (unpaired) electrons. The minimum absolute atomic E-state index is 0.374. The van der Waals surface area contributed by atoms with Gasteiger partial charge in [-0.25, -0.2) is 0 Å². The Kier molecular flexibility index (Phi) is 7.50. The second-order valence-electron chi connectivity index (χ2n) is 5.01. The minimum atomic E-state index is 0.374. The van der Waals surface area contributed by atoms with Gasteiger partial charge in [-0.05, 0) is 43.4 Å². The highest BCUT2D eigenvalue weighted by atomic mass is 35.5. The highest BCUT2D eigenvalue weighted by Crippen LogP contribution is 2.29. The molecule has 0 unspecified atom stereocenters. The maximum atomic E-state index is 6.16. The number of benzene rings is 2. The zero-order valence-electron chi connectivity index (χ0n) is 14.1. The molecule has 5 nitrogen and oxygen atoms in total. The molecule has 0 amide bonds. The lowest BCUT2D eigenvalue weighted by molar-refractivity contribution is -0.500. The van der Waals surface area contributed by atoms with E-state index in [4.69, 9.17) is 33.3 Å². The fraction of sp³-hybridized carbons (Fsp3) is 0.222. The summed E-state index contributed by atoms with van der Waals surface area (Å²) >= 11 is 11.2. The van der Waals surface area contributed by atoms with Gasteiger partial charge < -0.3 is 14.8 Å². The number of rotatable bonds is 7. The van der Waals surface area contributed by atoms with Crippen molar-refractivity contribution >= 4 is 35.1 Å². The third kappa shape index (κ3) is 5.92. The number of hydrazone groups is 1. The summed E-state index contributed by atoms with van der Waals surface area (Å²) in [5.74, 6) is 1.33. The SMILES string of the molecule is CCOc1cc(C=[NH+]NC(=S)NC)ccc1OCc1ccccc1Cl. The second kappa shape index (κ2) is 9.86. The summed E-state index contributed by atoms with van der Waals surface area (Å²) in [7, 11) is 1.75. The molecule has 0 bridgehead atoms. The quantitative estimate of drug-likeness (QED) is 0.390. The third-order valence-corrected chi connectivity index (χ3v) is 3.94. The van der Waals surface area contributed by atoms with Gasteiger partial charge in [0.05, 0.1) is 6.61 Å².